The van der Waals surface area contributed by atoms with Crippen molar-refractivity contribution in [3.8, 4) is 0 Å². The van der Waals surface area contributed by atoms with Gasteiger partial charge in [0, 0.05) is 10.6 Å². The van der Waals surface area contributed by atoms with E-state index in [1.54, 1.807) is 23.8 Å². The molecule has 1 aliphatic rings. The smallest absolute Gasteiger partial charge is 0.259 e. The van der Waals surface area contributed by atoms with Crippen molar-refractivity contribution in [1.29, 1.82) is 0 Å². The first kappa shape index (κ1) is 19.6. The first-order valence-electron chi connectivity index (χ1n) is 10.0. The van der Waals surface area contributed by atoms with Crippen LogP contribution >= 0.6 is 11.3 Å². The number of thiophene rings is 1. The number of benzene rings is 1. The van der Waals surface area contributed by atoms with Crippen LogP contribution in [0.15, 0.2) is 58.1 Å². The first-order valence-corrected chi connectivity index (χ1v) is 10.8. The molecule has 1 atom stereocenters. The Bertz CT molecular complexity index is 1010. The second kappa shape index (κ2) is 7.99. The number of nitrogens with one attached hydrogen (secondary N) is 1. The van der Waals surface area contributed by atoms with E-state index in [2.05, 4.69) is 31.1 Å². The van der Waals surface area contributed by atoms with E-state index in [9.17, 15) is 4.79 Å². The number of aliphatic imine (C=N–C) groups is 1. The molecule has 0 fully saturated rings. The summed E-state index contributed by atoms with van der Waals surface area (Å²) in [7, 11) is 0. The van der Waals surface area contributed by atoms with Gasteiger partial charge in [-0.15, -0.1) is 11.3 Å². The lowest BCUT2D eigenvalue weighted by molar-refractivity contribution is 0.102. The number of anilines is 1. The van der Waals surface area contributed by atoms with Gasteiger partial charge in [0.1, 0.15) is 10.8 Å². The Morgan fingerprint density at radius 1 is 1.21 bits per heavy atom. The van der Waals surface area contributed by atoms with E-state index < -0.39 is 0 Å². The number of hydrogen-bond acceptors (Lipinski definition) is 4. The summed E-state index contributed by atoms with van der Waals surface area (Å²) in [5.74, 6) is 1.20. The number of nitrogens with zero attached hydrogens (tertiary/aromatic N) is 1. The summed E-state index contributed by atoms with van der Waals surface area (Å²) in [5, 5.41) is 3.80. The Kier molecular flexibility index (Phi) is 5.41. The van der Waals surface area contributed by atoms with E-state index in [0.29, 0.717) is 17.2 Å². The van der Waals surface area contributed by atoms with E-state index in [1.807, 2.05) is 42.5 Å². The summed E-state index contributed by atoms with van der Waals surface area (Å²) in [4.78, 5) is 19.1. The molecule has 2 heterocycles. The quantitative estimate of drug-likeness (QED) is 0.503. The number of carbonyl (C=O) groups is 1. The molecule has 2 aromatic heterocycles. The zero-order valence-corrected chi connectivity index (χ0v) is 17.9. The maximum absolute atomic E-state index is 13.2. The Balaban J connectivity index is 1.69. The minimum absolute atomic E-state index is 0.0884. The van der Waals surface area contributed by atoms with Crippen molar-refractivity contribution < 1.29 is 9.21 Å². The van der Waals surface area contributed by atoms with Crippen molar-refractivity contribution in [3.05, 3.63) is 70.5 Å². The molecule has 4 nitrogen and oxygen atoms in total. The topological polar surface area (TPSA) is 54.6 Å². The number of rotatable bonds is 4. The lowest BCUT2D eigenvalue weighted by Crippen LogP contribution is -2.27. The van der Waals surface area contributed by atoms with E-state index in [0.717, 1.165) is 35.5 Å². The third kappa shape index (κ3) is 4.35. The maximum Gasteiger partial charge on any atom is 0.259 e. The average molecular weight is 407 g/mol. The molecule has 29 heavy (non-hydrogen) atoms. The SMILES string of the molecule is CC(C)(C)[C@@H]1CCc2c(sc(N=Cc3ccco3)c2C(=O)Nc2ccccc2)C1. The molecule has 0 bridgehead atoms. The van der Waals surface area contributed by atoms with Crippen LogP contribution in [0.4, 0.5) is 10.7 Å². The van der Waals surface area contributed by atoms with Crippen LogP contribution in [0.1, 0.15) is 53.8 Å². The van der Waals surface area contributed by atoms with Crippen LogP contribution < -0.4 is 5.32 Å². The Labute approximate surface area is 175 Å². The minimum Gasteiger partial charge on any atom is -0.463 e. The van der Waals surface area contributed by atoms with Gasteiger partial charge in [-0.05, 0) is 60.4 Å². The summed E-state index contributed by atoms with van der Waals surface area (Å²) < 4.78 is 5.37. The fraction of sp³-hybridized carbons (Fsp3) is 0.333. The fourth-order valence-electron chi connectivity index (χ4n) is 3.84. The molecule has 150 valence electrons. The highest BCUT2D eigenvalue weighted by Crippen LogP contribution is 2.45. The lowest BCUT2D eigenvalue weighted by atomic mass is 9.72. The number of amides is 1. The molecular formula is C24H26N2O2S. The first-order chi connectivity index (χ1) is 13.9. The largest absolute Gasteiger partial charge is 0.463 e. The molecule has 0 aliphatic heterocycles. The molecule has 0 spiro atoms. The molecule has 1 aliphatic carbocycles. The van der Waals surface area contributed by atoms with Gasteiger partial charge < -0.3 is 9.73 Å². The van der Waals surface area contributed by atoms with Gasteiger partial charge in [-0.3, -0.25) is 4.79 Å². The normalized spacial score (nSPS) is 16.7. The molecule has 0 radical (unpaired) electrons. The summed E-state index contributed by atoms with van der Waals surface area (Å²) in [6, 6.07) is 13.3. The van der Waals surface area contributed by atoms with Gasteiger partial charge in [-0.25, -0.2) is 4.99 Å². The van der Waals surface area contributed by atoms with Crippen LogP contribution in [0.5, 0.6) is 0 Å². The van der Waals surface area contributed by atoms with Gasteiger partial charge >= 0.3 is 0 Å². The Morgan fingerprint density at radius 2 is 2.00 bits per heavy atom. The number of hydrogen-bond donors (Lipinski definition) is 1. The summed E-state index contributed by atoms with van der Waals surface area (Å²) in [6.07, 6.45) is 6.34. The predicted molar refractivity (Wildman–Crippen MR) is 120 cm³/mol. The van der Waals surface area contributed by atoms with Gasteiger partial charge in [-0.1, -0.05) is 39.0 Å². The van der Waals surface area contributed by atoms with Crippen LogP contribution in [-0.2, 0) is 12.8 Å². The standard InChI is InChI=1S/C24H26N2O2S/c1-24(2,3)16-11-12-19-20(14-16)29-23(25-15-18-10-7-13-28-18)21(19)22(27)26-17-8-5-4-6-9-17/h4-10,13,15-16H,11-12,14H2,1-3H3,(H,26,27)/t16-/m1/s1. The fourth-order valence-corrected chi connectivity index (χ4v) is 5.11. The Morgan fingerprint density at radius 3 is 2.69 bits per heavy atom. The second-order valence-electron chi connectivity index (χ2n) is 8.58. The average Bonchev–Trinajstić information content (AvgIpc) is 3.33. The molecule has 0 unspecified atom stereocenters. The summed E-state index contributed by atoms with van der Waals surface area (Å²) >= 11 is 1.64. The molecule has 0 saturated heterocycles. The van der Waals surface area contributed by atoms with Crippen LogP contribution in [0.3, 0.4) is 0 Å². The molecule has 1 amide bonds. The van der Waals surface area contributed by atoms with Gasteiger partial charge in [-0.2, -0.15) is 0 Å². The van der Waals surface area contributed by atoms with Crippen LogP contribution in [0, 0.1) is 11.3 Å². The second-order valence-corrected chi connectivity index (χ2v) is 9.67. The van der Waals surface area contributed by atoms with Crippen molar-refractivity contribution in [3.63, 3.8) is 0 Å². The van der Waals surface area contributed by atoms with Gasteiger partial charge in [0.05, 0.1) is 18.0 Å². The van der Waals surface area contributed by atoms with E-state index in [1.165, 1.54) is 4.88 Å². The zero-order chi connectivity index (χ0) is 20.4. The summed E-state index contributed by atoms with van der Waals surface area (Å²) in [6.45, 7) is 6.90. The molecule has 3 aromatic rings. The van der Waals surface area contributed by atoms with E-state index in [-0.39, 0.29) is 11.3 Å². The van der Waals surface area contributed by atoms with E-state index in [4.69, 9.17) is 4.42 Å². The number of fused-ring (bicyclic) bond motifs is 1. The zero-order valence-electron chi connectivity index (χ0n) is 17.1. The number of furan rings is 1. The van der Waals surface area contributed by atoms with Gasteiger partial charge in [0.2, 0.25) is 0 Å². The molecule has 1 N–H and O–H groups in total. The van der Waals surface area contributed by atoms with Crippen molar-refractivity contribution in [2.45, 2.75) is 40.0 Å². The maximum atomic E-state index is 13.2. The van der Waals surface area contributed by atoms with Crippen LogP contribution in [0.25, 0.3) is 0 Å². The Hall–Kier alpha value is -2.66. The molecular weight excluding hydrogens is 380 g/mol. The predicted octanol–water partition coefficient (Wildman–Crippen LogP) is 6.50. The molecule has 0 saturated carbocycles. The van der Waals surface area contributed by atoms with E-state index >= 15 is 0 Å². The highest BCUT2D eigenvalue weighted by molar-refractivity contribution is 7.16. The molecule has 5 heteroatoms. The number of para-hydroxylation sites is 1. The van der Waals surface area contributed by atoms with Crippen LogP contribution in [-0.4, -0.2) is 12.1 Å². The minimum atomic E-state index is -0.0884. The third-order valence-electron chi connectivity index (χ3n) is 5.58. The highest BCUT2D eigenvalue weighted by atomic mass is 32.1. The van der Waals surface area contributed by atoms with Crippen molar-refractivity contribution >= 4 is 34.1 Å². The lowest BCUT2D eigenvalue weighted by Gasteiger charge is -2.33. The number of carbonyl (C=O) groups excluding carboxylic acids is 1. The summed E-state index contributed by atoms with van der Waals surface area (Å²) in [5.41, 5.74) is 2.92. The van der Waals surface area contributed by atoms with Crippen LogP contribution in [0.2, 0.25) is 0 Å². The van der Waals surface area contributed by atoms with Gasteiger partial charge in [0.25, 0.3) is 5.91 Å². The monoisotopic (exact) mass is 406 g/mol. The third-order valence-corrected chi connectivity index (χ3v) is 6.74. The van der Waals surface area contributed by atoms with Crippen molar-refractivity contribution in [2.24, 2.45) is 16.3 Å². The molecule has 1 aromatic carbocycles. The van der Waals surface area contributed by atoms with Crippen molar-refractivity contribution in [2.75, 3.05) is 5.32 Å². The molecule has 4 rings (SSSR count). The van der Waals surface area contributed by atoms with Crippen molar-refractivity contribution in [1.82, 2.24) is 0 Å². The van der Waals surface area contributed by atoms with Gasteiger partial charge in [0.15, 0.2) is 0 Å². The highest BCUT2D eigenvalue weighted by Gasteiger charge is 2.33.